The zero-order chi connectivity index (χ0) is 30.3. The molecule has 0 bridgehead atoms. The summed E-state index contributed by atoms with van der Waals surface area (Å²) in [6, 6.07) is 16.5. The Balaban J connectivity index is 2.08. The van der Waals surface area contributed by atoms with Crippen molar-refractivity contribution in [1.82, 2.24) is 10.2 Å². The molecule has 2 atom stereocenters. The van der Waals surface area contributed by atoms with Gasteiger partial charge in [0.25, 0.3) is 10.0 Å². The number of anilines is 1. The Bertz CT molecular complexity index is 1470. The maximum atomic E-state index is 14.1. The maximum Gasteiger partial charge on any atom is 0.264 e. The molecule has 41 heavy (non-hydrogen) atoms. The summed E-state index contributed by atoms with van der Waals surface area (Å²) >= 11 is 18.5. The highest BCUT2D eigenvalue weighted by Gasteiger charge is 2.34. The SMILES string of the molecule is CC[C@H](C)NC(=O)[C@H](CC)N(Cc1ccc(Cl)cc1Cl)C(=O)CN(c1ccc(C)cc1)S(=O)(=O)c1ccc(Cl)cc1. The molecule has 1 N–H and O–H groups in total. The number of sulfonamides is 1. The predicted molar refractivity (Wildman–Crippen MR) is 166 cm³/mol. The van der Waals surface area contributed by atoms with Crippen LogP contribution >= 0.6 is 34.8 Å². The zero-order valence-corrected chi connectivity index (χ0v) is 26.5. The Kier molecular flexibility index (Phi) is 11.5. The molecule has 0 aliphatic carbocycles. The average molecular weight is 639 g/mol. The molecule has 7 nitrogen and oxygen atoms in total. The number of hydrogen-bond acceptors (Lipinski definition) is 4. The van der Waals surface area contributed by atoms with Crippen molar-refractivity contribution >= 4 is 62.3 Å². The standard InChI is InChI=1S/C30H34Cl3N3O4S/c1-5-21(4)34-30(38)28(6-2)35(18-22-9-10-24(32)17-27(22)33)29(37)19-36(25-13-7-20(3)8-14-25)41(39,40)26-15-11-23(31)12-16-26/h7-17,21,28H,5-6,18-19H2,1-4H3,(H,34,38)/t21-,28-/m0/s1. The normalized spacial score (nSPS) is 12.9. The Hall–Kier alpha value is -2.78. The highest BCUT2D eigenvalue weighted by atomic mass is 35.5. The lowest BCUT2D eigenvalue weighted by Crippen LogP contribution is -2.53. The van der Waals surface area contributed by atoms with Gasteiger partial charge in [-0.2, -0.15) is 0 Å². The number of amides is 2. The number of nitrogens with one attached hydrogen (secondary N) is 1. The van der Waals surface area contributed by atoms with Gasteiger partial charge in [-0.1, -0.05) is 72.4 Å². The van der Waals surface area contributed by atoms with E-state index in [1.807, 2.05) is 20.8 Å². The van der Waals surface area contributed by atoms with Gasteiger partial charge in [-0.05, 0) is 80.8 Å². The summed E-state index contributed by atoms with van der Waals surface area (Å²) < 4.78 is 28.8. The third-order valence-corrected chi connectivity index (χ3v) is 9.37. The topological polar surface area (TPSA) is 86.8 Å². The van der Waals surface area contributed by atoms with Gasteiger partial charge in [-0.25, -0.2) is 8.42 Å². The van der Waals surface area contributed by atoms with Gasteiger partial charge in [0.05, 0.1) is 10.6 Å². The van der Waals surface area contributed by atoms with E-state index >= 15 is 0 Å². The molecule has 0 unspecified atom stereocenters. The van der Waals surface area contributed by atoms with E-state index in [1.54, 1.807) is 49.4 Å². The van der Waals surface area contributed by atoms with E-state index in [-0.39, 0.29) is 23.4 Å². The molecule has 3 aromatic rings. The van der Waals surface area contributed by atoms with Crippen LogP contribution in [0, 0.1) is 6.92 Å². The van der Waals surface area contributed by atoms with Crippen molar-refractivity contribution in [3.63, 3.8) is 0 Å². The first-order valence-corrected chi connectivity index (χ1v) is 15.8. The van der Waals surface area contributed by atoms with Crippen molar-refractivity contribution in [3.8, 4) is 0 Å². The summed E-state index contributed by atoms with van der Waals surface area (Å²) in [4.78, 5) is 28.8. The monoisotopic (exact) mass is 637 g/mol. The van der Waals surface area contributed by atoms with Gasteiger partial charge < -0.3 is 10.2 Å². The lowest BCUT2D eigenvalue weighted by molar-refractivity contribution is -0.140. The maximum absolute atomic E-state index is 14.1. The molecule has 0 spiro atoms. The first kappa shape index (κ1) is 32.7. The molecular weight excluding hydrogens is 605 g/mol. The van der Waals surface area contributed by atoms with Gasteiger partial charge in [-0.15, -0.1) is 0 Å². The molecule has 220 valence electrons. The molecule has 0 saturated carbocycles. The fourth-order valence-electron chi connectivity index (χ4n) is 4.17. The first-order chi connectivity index (χ1) is 19.4. The average Bonchev–Trinajstić information content (AvgIpc) is 2.93. The molecule has 0 fully saturated rings. The minimum absolute atomic E-state index is 0.0238. The van der Waals surface area contributed by atoms with E-state index in [2.05, 4.69) is 5.32 Å². The van der Waals surface area contributed by atoms with Crippen LogP contribution in [0.3, 0.4) is 0 Å². The number of carbonyl (C=O) groups excluding carboxylic acids is 2. The van der Waals surface area contributed by atoms with Crippen LogP contribution in [-0.4, -0.2) is 43.8 Å². The fourth-order valence-corrected chi connectivity index (χ4v) is 6.18. The molecule has 3 rings (SSSR count). The van der Waals surface area contributed by atoms with E-state index in [4.69, 9.17) is 34.8 Å². The quantitative estimate of drug-likeness (QED) is 0.235. The molecule has 0 saturated heterocycles. The van der Waals surface area contributed by atoms with E-state index in [9.17, 15) is 18.0 Å². The molecule has 11 heteroatoms. The van der Waals surface area contributed by atoms with Gasteiger partial charge in [-0.3, -0.25) is 13.9 Å². The number of aryl methyl sites for hydroxylation is 1. The molecule has 0 radical (unpaired) electrons. The molecule has 0 aliphatic rings. The second kappa shape index (κ2) is 14.4. The zero-order valence-electron chi connectivity index (χ0n) is 23.4. The fraction of sp³-hybridized carbons (Fsp3) is 0.333. The largest absolute Gasteiger partial charge is 0.352 e. The van der Waals surface area contributed by atoms with Crippen molar-refractivity contribution < 1.29 is 18.0 Å². The molecule has 0 aliphatic heterocycles. The van der Waals surface area contributed by atoms with Gasteiger partial charge in [0, 0.05) is 27.7 Å². The molecule has 3 aromatic carbocycles. The molecule has 0 heterocycles. The van der Waals surface area contributed by atoms with Crippen LogP contribution in [0.4, 0.5) is 5.69 Å². The van der Waals surface area contributed by atoms with Gasteiger partial charge in [0.1, 0.15) is 12.6 Å². The van der Waals surface area contributed by atoms with Crippen molar-refractivity contribution in [3.05, 3.63) is 92.9 Å². The van der Waals surface area contributed by atoms with E-state index in [0.717, 1.165) is 9.87 Å². The van der Waals surface area contributed by atoms with E-state index in [0.29, 0.717) is 39.2 Å². The third-order valence-electron chi connectivity index (χ3n) is 6.75. The van der Waals surface area contributed by atoms with Crippen molar-refractivity contribution in [2.45, 2.75) is 64.1 Å². The van der Waals surface area contributed by atoms with Gasteiger partial charge in [0.15, 0.2) is 0 Å². The summed E-state index contributed by atoms with van der Waals surface area (Å²) in [5.41, 5.74) is 1.80. The Morgan fingerprint density at radius 2 is 1.49 bits per heavy atom. The number of hydrogen-bond donors (Lipinski definition) is 1. The van der Waals surface area contributed by atoms with Crippen LogP contribution in [0.15, 0.2) is 71.6 Å². The summed E-state index contributed by atoms with van der Waals surface area (Å²) in [5, 5.41) is 4.09. The Morgan fingerprint density at radius 3 is 2.05 bits per heavy atom. The molecular formula is C30H34Cl3N3O4S. The second-order valence-electron chi connectivity index (χ2n) is 9.80. The first-order valence-electron chi connectivity index (χ1n) is 13.3. The second-order valence-corrected chi connectivity index (χ2v) is 12.9. The van der Waals surface area contributed by atoms with Crippen molar-refractivity contribution in [2.24, 2.45) is 0 Å². The van der Waals surface area contributed by atoms with Crippen LogP contribution in [0.5, 0.6) is 0 Å². The van der Waals surface area contributed by atoms with Crippen molar-refractivity contribution in [2.75, 3.05) is 10.8 Å². The third kappa shape index (κ3) is 8.38. The Labute approximate surface area is 257 Å². The molecule has 2 amide bonds. The number of rotatable bonds is 12. The van der Waals surface area contributed by atoms with E-state index in [1.165, 1.54) is 29.2 Å². The van der Waals surface area contributed by atoms with Crippen LogP contribution in [0.1, 0.15) is 44.7 Å². The van der Waals surface area contributed by atoms with Crippen LogP contribution in [-0.2, 0) is 26.2 Å². The highest BCUT2D eigenvalue weighted by Crippen LogP contribution is 2.27. The lowest BCUT2D eigenvalue weighted by atomic mass is 10.1. The molecule has 0 aromatic heterocycles. The lowest BCUT2D eigenvalue weighted by Gasteiger charge is -2.34. The van der Waals surface area contributed by atoms with Crippen LogP contribution in [0.25, 0.3) is 0 Å². The summed E-state index contributed by atoms with van der Waals surface area (Å²) in [7, 11) is -4.19. The highest BCUT2D eigenvalue weighted by molar-refractivity contribution is 7.92. The minimum atomic E-state index is -4.19. The number of nitrogens with zero attached hydrogens (tertiary/aromatic N) is 2. The summed E-state index contributed by atoms with van der Waals surface area (Å²) in [5.74, 6) is -0.900. The van der Waals surface area contributed by atoms with Crippen LogP contribution in [0.2, 0.25) is 15.1 Å². The number of benzene rings is 3. The number of carbonyl (C=O) groups is 2. The van der Waals surface area contributed by atoms with Gasteiger partial charge >= 0.3 is 0 Å². The van der Waals surface area contributed by atoms with Crippen LogP contribution < -0.4 is 9.62 Å². The smallest absolute Gasteiger partial charge is 0.264 e. The predicted octanol–water partition coefficient (Wildman–Crippen LogP) is 6.87. The van der Waals surface area contributed by atoms with E-state index < -0.39 is 28.5 Å². The minimum Gasteiger partial charge on any atom is -0.352 e. The van der Waals surface area contributed by atoms with Gasteiger partial charge in [0.2, 0.25) is 11.8 Å². The summed E-state index contributed by atoms with van der Waals surface area (Å²) in [6.07, 6.45) is 1.01. The number of halogens is 3. The Morgan fingerprint density at radius 1 is 0.878 bits per heavy atom. The summed E-state index contributed by atoms with van der Waals surface area (Å²) in [6.45, 7) is 6.93. The van der Waals surface area contributed by atoms with Crippen molar-refractivity contribution in [1.29, 1.82) is 0 Å².